The number of fused-ring (bicyclic) bond motifs is 15. The number of nitrogens with one attached hydrogen (secondary N) is 1. The number of pyridine rings is 3. The van der Waals surface area contributed by atoms with Crippen molar-refractivity contribution < 1.29 is 0 Å². The second kappa shape index (κ2) is 34.4. The minimum atomic E-state index is 0.815. The maximum atomic E-state index is 4.76. The van der Waals surface area contributed by atoms with E-state index >= 15 is 0 Å². The van der Waals surface area contributed by atoms with Gasteiger partial charge in [-0.25, -0.2) is 4.98 Å². The molecule has 0 saturated heterocycles. The van der Waals surface area contributed by atoms with Crippen LogP contribution in [0.2, 0.25) is 0 Å². The van der Waals surface area contributed by atoms with Crippen molar-refractivity contribution in [3.8, 4) is 0 Å². The Bertz CT molecular complexity index is 6380. The van der Waals surface area contributed by atoms with E-state index in [0.717, 1.165) is 120 Å². The number of allylic oxidation sites excluding steroid dienone is 6. The van der Waals surface area contributed by atoms with Gasteiger partial charge in [0.2, 0.25) is 0 Å². The maximum absolute atomic E-state index is 4.76. The third kappa shape index (κ3) is 16.5. The molecule has 14 aromatic rings. The first-order chi connectivity index (χ1) is 57.7. The molecule has 21 rings (SSSR count). The van der Waals surface area contributed by atoms with Crippen LogP contribution in [-0.2, 0) is 71.8 Å². The summed E-state index contributed by atoms with van der Waals surface area (Å²) in [7, 11) is 10.8. The molecule has 0 saturated carbocycles. The van der Waals surface area contributed by atoms with Gasteiger partial charge < -0.3 is 42.4 Å². The molecule has 0 fully saturated rings. The first kappa shape index (κ1) is 79.8. The van der Waals surface area contributed by atoms with Gasteiger partial charge in [0.1, 0.15) is 5.65 Å². The van der Waals surface area contributed by atoms with E-state index in [9.17, 15) is 0 Å². The van der Waals surface area contributed by atoms with Gasteiger partial charge in [-0.1, -0.05) is 58.7 Å². The predicted molar refractivity (Wildman–Crippen MR) is 496 cm³/mol. The number of aromatic amines is 1. The Morgan fingerprint density at radius 2 is 0.966 bits per heavy atom. The number of H-pyrrole nitrogens is 1. The van der Waals surface area contributed by atoms with Crippen LogP contribution in [0.4, 0.5) is 0 Å². The lowest BCUT2D eigenvalue weighted by molar-refractivity contribution is 0.311. The zero-order chi connectivity index (χ0) is 82.3. The number of benzene rings is 4. The molecule has 4 aromatic carbocycles. The highest BCUT2D eigenvalue weighted by atomic mass is 15.3. The molecular formula is C102H115N17. The van der Waals surface area contributed by atoms with Gasteiger partial charge in [-0.05, 0) is 293 Å². The van der Waals surface area contributed by atoms with Gasteiger partial charge in [-0.2, -0.15) is 10.2 Å². The molecule has 0 atom stereocenters. The largest absolute Gasteiger partial charge is 0.320 e. The first-order valence-corrected chi connectivity index (χ1v) is 42.9. The molecule has 0 radical (unpaired) electrons. The van der Waals surface area contributed by atoms with Crippen LogP contribution in [0, 0.1) is 41.5 Å². The quantitative estimate of drug-likeness (QED) is 0.142. The first-order valence-electron chi connectivity index (χ1n) is 42.9. The van der Waals surface area contributed by atoms with Crippen LogP contribution >= 0.6 is 0 Å². The number of nitrogens with zero attached hydrogens (tertiary/aromatic N) is 16. The van der Waals surface area contributed by atoms with E-state index in [0.29, 0.717) is 0 Å². The van der Waals surface area contributed by atoms with Crippen molar-refractivity contribution >= 4 is 114 Å². The molecule has 17 heteroatoms. The molecule has 10 aromatic heterocycles. The highest BCUT2D eigenvalue weighted by molar-refractivity contribution is 5.97. The Morgan fingerprint density at radius 1 is 0.437 bits per heavy atom. The summed E-state index contributed by atoms with van der Waals surface area (Å²) >= 11 is 0. The number of aliphatic imine (C=N–C) groups is 1. The van der Waals surface area contributed by atoms with Gasteiger partial charge in [-0.3, -0.25) is 24.7 Å². The number of aromatic nitrogens is 12. The van der Waals surface area contributed by atoms with Crippen molar-refractivity contribution in [2.45, 2.75) is 159 Å². The van der Waals surface area contributed by atoms with Crippen LogP contribution in [-0.4, -0.2) is 144 Å². The average molecular weight is 1580 g/mol. The molecule has 0 spiro atoms. The molecule has 2 aliphatic carbocycles. The van der Waals surface area contributed by atoms with Crippen molar-refractivity contribution in [2.75, 3.05) is 60.9 Å². The Balaban J connectivity index is 0.000000106. The fourth-order valence-corrected chi connectivity index (χ4v) is 19.2. The SMILES string of the molecule is C/C(=C/n1c2c(c3cc(C)ccc31)CN(C)CC2)C1=CCN=C1.C/C(=C\n1c2c(c3cc(C)ccc31)CN(C)CC2)c1ccnn1C.C/C(=C\n1c2c(c3cc(C)cnc31)CN(C)CC2)c1ccc(C)nc1.Cc1ccc2c(c1)c1c(n2/C=C/c2ccncc2)CCCC1.Cc1ccc2c(c1)c1c(n2C2=C(c3cn[nH]c3)CCC2)CCN(C)C1. The monoisotopic (exact) mass is 1580 g/mol. The number of aryl methyl sites for hydroxylation is 8. The Hall–Kier alpha value is -11.6. The third-order valence-electron chi connectivity index (χ3n) is 25.5. The highest BCUT2D eigenvalue weighted by Crippen LogP contribution is 2.44. The van der Waals surface area contributed by atoms with Gasteiger partial charge in [-0.15, -0.1) is 0 Å². The van der Waals surface area contributed by atoms with Gasteiger partial charge in [0.15, 0.2) is 0 Å². The lowest BCUT2D eigenvalue weighted by Crippen LogP contribution is -2.27. The van der Waals surface area contributed by atoms with Crippen LogP contribution in [0.15, 0.2) is 175 Å². The van der Waals surface area contributed by atoms with Crippen molar-refractivity contribution in [3.05, 3.63) is 282 Å². The molecule has 15 heterocycles. The minimum Gasteiger partial charge on any atom is -0.320 e. The lowest BCUT2D eigenvalue weighted by atomic mass is 9.95. The fraction of sp³-hybridized carbons (Fsp3) is 0.333. The molecule has 7 aliphatic rings. The second-order valence-electron chi connectivity index (χ2n) is 34.5. The van der Waals surface area contributed by atoms with E-state index in [1.807, 2.05) is 80.4 Å². The van der Waals surface area contributed by atoms with E-state index in [4.69, 9.17) is 4.98 Å². The zero-order valence-corrected chi connectivity index (χ0v) is 72.3. The van der Waals surface area contributed by atoms with Crippen LogP contribution < -0.4 is 0 Å². The Labute approximate surface area is 701 Å². The summed E-state index contributed by atoms with van der Waals surface area (Å²) in [5.74, 6) is 0. The van der Waals surface area contributed by atoms with Crippen molar-refractivity contribution in [1.29, 1.82) is 0 Å². The summed E-state index contributed by atoms with van der Waals surface area (Å²) in [6.07, 6.45) is 41.8. The number of rotatable bonds is 10. The van der Waals surface area contributed by atoms with Crippen LogP contribution in [0.5, 0.6) is 0 Å². The van der Waals surface area contributed by atoms with Gasteiger partial charge in [0.05, 0.1) is 40.5 Å². The molecule has 0 unspecified atom stereocenters. The number of likely N-dealkylation sites (N-methyl/N-ethyl adjacent to an activating group) is 4. The third-order valence-corrected chi connectivity index (χ3v) is 25.5. The van der Waals surface area contributed by atoms with E-state index in [-0.39, 0.29) is 0 Å². The smallest absolute Gasteiger partial charge is 0.144 e. The molecule has 1 N–H and O–H groups in total. The van der Waals surface area contributed by atoms with Crippen molar-refractivity contribution in [1.82, 2.24) is 77.4 Å². The van der Waals surface area contributed by atoms with Crippen molar-refractivity contribution in [3.63, 3.8) is 0 Å². The zero-order valence-electron chi connectivity index (χ0n) is 72.3. The van der Waals surface area contributed by atoms with Crippen LogP contribution in [0.1, 0.15) is 165 Å². The summed E-state index contributed by atoms with van der Waals surface area (Å²) in [6, 6.07) is 40.0. The van der Waals surface area contributed by atoms with Crippen molar-refractivity contribution in [2.24, 2.45) is 12.0 Å². The average Bonchev–Trinajstić information content (AvgIpc) is 2.10. The predicted octanol–water partition coefficient (Wildman–Crippen LogP) is 20.6. The molecule has 608 valence electrons. The molecule has 119 heavy (non-hydrogen) atoms. The fourth-order valence-electron chi connectivity index (χ4n) is 19.2. The van der Waals surface area contributed by atoms with Crippen LogP contribution in [0.25, 0.3) is 108 Å². The van der Waals surface area contributed by atoms with Gasteiger partial charge in [0, 0.05) is 226 Å². The number of hydrogen-bond acceptors (Lipinski definition) is 10. The second-order valence-corrected chi connectivity index (χ2v) is 34.5. The maximum Gasteiger partial charge on any atom is 0.144 e. The van der Waals surface area contributed by atoms with Crippen LogP contribution in [0.3, 0.4) is 0 Å². The Morgan fingerprint density at radius 3 is 1.54 bits per heavy atom. The topological polar surface area (TPSA) is 135 Å². The summed E-state index contributed by atoms with van der Waals surface area (Å²) in [5.41, 5.74) is 41.5. The summed E-state index contributed by atoms with van der Waals surface area (Å²) in [4.78, 5) is 27.2. The number of hydrogen-bond donors (Lipinski definition) is 1. The molecule has 0 amide bonds. The minimum absolute atomic E-state index is 0.815. The van der Waals surface area contributed by atoms with E-state index in [2.05, 4.69) is 290 Å². The van der Waals surface area contributed by atoms with E-state index in [1.54, 1.807) is 5.56 Å². The summed E-state index contributed by atoms with van der Waals surface area (Å²) in [5, 5.41) is 18.4. The summed E-state index contributed by atoms with van der Waals surface area (Å²) < 4.78 is 14.0. The lowest BCUT2D eigenvalue weighted by Gasteiger charge is -2.25. The Kier molecular flexibility index (Phi) is 23.1. The molecular weight excluding hydrogens is 1460 g/mol. The van der Waals surface area contributed by atoms with Gasteiger partial charge >= 0.3 is 0 Å². The standard InChI is InChI=1S/2C21H24N4.C20H24N4.C20H23N3.C20H20N2/c1-14-6-7-20-17(10-14)18-13-24(2)9-8-21(18)25(20)19-5-3-4-16(19)15-11-22-23-12-15;1-14-9-18-19-13-24(4)8-7-20(19)25(21(18)23-10-14)12-15(2)17-6-5-16(3)22-11-17;1-14-5-6-19-16(11-14)17-13-22(3)10-8-20(17)24(19)12-15(2)18-7-9-21-23(18)4;1-14-4-5-19-17(10-14)18-13-22(3)9-7-20(18)23(19)12-15(2)16-6-8-21-11-16;1-15-6-7-20-18(14-15)17-4-2-3-5-19(17)22(20)13-10-16-8-11-21-12-9-16/h6-7,10-12H,3-5,8-9,13H2,1-2H3,(H,22,23);5-6,9-12H,7-8,13H2,1-4H3;5-7,9,11-12H,8,10,13H2,1-4H3;4-6,10-12H,7-9,13H2,1-3H3;6-14H,2-5H2,1H3/b;2*15-12+;15-12-;13-10+. The molecule has 0 bridgehead atoms. The molecule has 5 aliphatic heterocycles. The summed E-state index contributed by atoms with van der Waals surface area (Å²) in [6.45, 7) is 28.7. The molecule has 17 nitrogen and oxygen atoms in total. The normalized spacial score (nSPS) is 16.6. The van der Waals surface area contributed by atoms with E-state index < -0.39 is 0 Å². The highest BCUT2D eigenvalue weighted by Gasteiger charge is 2.30. The van der Waals surface area contributed by atoms with Gasteiger partial charge in [0.25, 0.3) is 0 Å². The van der Waals surface area contributed by atoms with E-state index in [1.165, 1.54) is 204 Å².